The molecule has 0 aromatic carbocycles. The number of halogens is 1. The van der Waals surface area contributed by atoms with Crippen molar-refractivity contribution in [2.75, 3.05) is 6.54 Å². The van der Waals surface area contributed by atoms with Gasteiger partial charge in [-0.25, -0.2) is 4.98 Å². The quantitative estimate of drug-likeness (QED) is 0.507. The third-order valence-electron chi connectivity index (χ3n) is 2.18. The van der Waals surface area contributed by atoms with Crippen molar-refractivity contribution in [1.29, 1.82) is 0 Å². The Labute approximate surface area is 107 Å². The maximum atomic E-state index is 11.8. The third-order valence-corrected chi connectivity index (χ3v) is 2.38. The fraction of sp³-hybridized carbons (Fsp3) is 0.385. The molecule has 0 saturated heterocycles. The summed E-state index contributed by atoms with van der Waals surface area (Å²) in [5, 5.41) is 3.13. The lowest BCUT2D eigenvalue weighted by atomic mass is 10.2. The van der Waals surface area contributed by atoms with Crippen LogP contribution in [0.4, 0.5) is 0 Å². The average molecular weight is 251 g/mol. The van der Waals surface area contributed by atoms with Crippen LogP contribution in [0.5, 0.6) is 0 Å². The van der Waals surface area contributed by atoms with Crippen LogP contribution in [0.3, 0.4) is 0 Å². The molecule has 1 amide bonds. The minimum Gasteiger partial charge on any atom is -0.351 e. The lowest BCUT2D eigenvalue weighted by molar-refractivity contribution is 0.0954. The molecule has 17 heavy (non-hydrogen) atoms. The first-order valence-corrected chi connectivity index (χ1v) is 5.89. The van der Waals surface area contributed by atoms with Gasteiger partial charge in [0.2, 0.25) is 0 Å². The molecule has 0 fully saturated rings. The van der Waals surface area contributed by atoms with Crippen LogP contribution in [0.2, 0.25) is 5.15 Å². The predicted octanol–water partition coefficient (Wildman–Crippen LogP) is 2.44. The zero-order valence-corrected chi connectivity index (χ0v) is 10.8. The van der Waals surface area contributed by atoms with Crippen LogP contribution in [0.25, 0.3) is 0 Å². The SMILES string of the molecule is CC#CCCNC(=O)c1cc(Cl)nc(CC)c1. The highest BCUT2D eigenvalue weighted by atomic mass is 35.5. The number of hydrogen-bond donors (Lipinski definition) is 1. The maximum Gasteiger partial charge on any atom is 0.251 e. The number of aromatic nitrogens is 1. The van der Waals surface area contributed by atoms with Gasteiger partial charge in [0.05, 0.1) is 0 Å². The Bertz CT molecular complexity index is 460. The van der Waals surface area contributed by atoms with E-state index in [0.29, 0.717) is 23.7 Å². The molecule has 0 aliphatic carbocycles. The highest BCUT2D eigenvalue weighted by Crippen LogP contribution is 2.11. The van der Waals surface area contributed by atoms with Gasteiger partial charge in [-0.05, 0) is 25.5 Å². The van der Waals surface area contributed by atoms with Gasteiger partial charge in [-0.3, -0.25) is 4.79 Å². The number of amides is 1. The first-order chi connectivity index (χ1) is 8.17. The molecule has 1 rings (SSSR count). The predicted molar refractivity (Wildman–Crippen MR) is 69.0 cm³/mol. The van der Waals surface area contributed by atoms with Gasteiger partial charge in [0.15, 0.2) is 0 Å². The third kappa shape index (κ3) is 4.46. The second kappa shape index (κ2) is 6.93. The summed E-state index contributed by atoms with van der Waals surface area (Å²) in [5.41, 5.74) is 1.36. The van der Waals surface area contributed by atoms with E-state index in [1.54, 1.807) is 19.1 Å². The summed E-state index contributed by atoms with van der Waals surface area (Å²) in [6.45, 7) is 4.29. The summed E-state index contributed by atoms with van der Waals surface area (Å²) in [4.78, 5) is 15.9. The van der Waals surface area contributed by atoms with Crippen LogP contribution in [0, 0.1) is 11.8 Å². The molecule has 1 N–H and O–H groups in total. The van der Waals surface area contributed by atoms with Crippen molar-refractivity contribution in [3.05, 3.63) is 28.5 Å². The first-order valence-electron chi connectivity index (χ1n) is 5.51. The molecule has 1 heterocycles. The lowest BCUT2D eigenvalue weighted by Gasteiger charge is -2.05. The smallest absolute Gasteiger partial charge is 0.251 e. The molecular formula is C13H15ClN2O. The van der Waals surface area contributed by atoms with Crippen LogP contribution in [-0.2, 0) is 6.42 Å². The normalized spacial score (nSPS) is 9.35. The Kier molecular flexibility index (Phi) is 5.51. The van der Waals surface area contributed by atoms with E-state index in [-0.39, 0.29) is 5.91 Å². The standard InChI is InChI=1S/C13H15ClN2O/c1-3-5-6-7-15-13(17)10-8-11(4-2)16-12(14)9-10/h8-9H,4,6-7H2,1-2H3,(H,15,17). The summed E-state index contributed by atoms with van der Waals surface area (Å²) < 4.78 is 0. The van der Waals surface area contributed by atoms with Crippen LogP contribution >= 0.6 is 11.6 Å². The molecular weight excluding hydrogens is 236 g/mol. The van der Waals surface area contributed by atoms with E-state index in [4.69, 9.17) is 11.6 Å². The van der Waals surface area contributed by atoms with Crippen molar-refractivity contribution < 1.29 is 4.79 Å². The van der Waals surface area contributed by atoms with E-state index in [1.807, 2.05) is 6.92 Å². The highest BCUT2D eigenvalue weighted by molar-refractivity contribution is 6.29. The summed E-state index contributed by atoms with van der Waals surface area (Å²) in [5.74, 6) is 5.52. The number of aryl methyl sites for hydroxylation is 1. The molecule has 3 nitrogen and oxygen atoms in total. The fourth-order valence-corrected chi connectivity index (χ4v) is 1.56. The number of carbonyl (C=O) groups is 1. The molecule has 0 aliphatic heterocycles. The fourth-order valence-electron chi connectivity index (χ4n) is 1.33. The Morgan fingerprint density at radius 2 is 2.29 bits per heavy atom. The highest BCUT2D eigenvalue weighted by Gasteiger charge is 2.07. The monoisotopic (exact) mass is 250 g/mol. The van der Waals surface area contributed by atoms with E-state index in [0.717, 1.165) is 12.1 Å². The number of carbonyl (C=O) groups excluding carboxylic acids is 1. The number of nitrogens with zero attached hydrogens (tertiary/aromatic N) is 1. The van der Waals surface area contributed by atoms with Gasteiger partial charge in [0.1, 0.15) is 5.15 Å². The zero-order chi connectivity index (χ0) is 12.7. The molecule has 0 atom stereocenters. The Hall–Kier alpha value is -1.53. The molecule has 4 heteroatoms. The number of nitrogens with one attached hydrogen (secondary N) is 1. The molecule has 0 spiro atoms. The van der Waals surface area contributed by atoms with Crippen LogP contribution < -0.4 is 5.32 Å². The summed E-state index contributed by atoms with van der Waals surface area (Å²) >= 11 is 5.84. The van der Waals surface area contributed by atoms with E-state index >= 15 is 0 Å². The molecule has 0 saturated carbocycles. The molecule has 0 radical (unpaired) electrons. The Balaban J connectivity index is 2.67. The van der Waals surface area contributed by atoms with Gasteiger partial charge in [-0.2, -0.15) is 0 Å². The minimum absolute atomic E-state index is 0.137. The number of pyridine rings is 1. The second-order valence-electron chi connectivity index (χ2n) is 3.46. The summed E-state index contributed by atoms with van der Waals surface area (Å²) in [6.07, 6.45) is 1.41. The van der Waals surface area contributed by atoms with Crippen molar-refractivity contribution in [3.8, 4) is 11.8 Å². The van der Waals surface area contributed by atoms with Crippen molar-refractivity contribution >= 4 is 17.5 Å². The minimum atomic E-state index is -0.137. The zero-order valence-electron chi connectivity index (χ0n) is 10.0. The first kappa shape index (κ1) is 13.5. The second-order valence-corrected chi connectivity index (χ2v) is 3.84. The van der Waals surface area contributed by atoms with Gasteiger partial charge < -0.3 is 5.32 Å². The van der Waals surface area contributed by atoms with Crippen molar-refractivity contribution in [2.24, 2.45) is 0 Å². The molecule has 0 bridgehead atoms. The van der Waals surface area contributed by atoms with Crippen molar-refractivity contribution in [2.45, 2.75) is 26.7 Å². The topological polar surface area (TPSA) is 42.0 Å². The van der Waals surface area contributed by atoms with Crippen LogP contribution in [0.15, 0.2) is 12.1 Å². The van der Waals surface area contributed by atoms with Gasteiger partial charge in [0, 0.05) is 24.2 Å². The number of hydrogen-bond acceptors (Lipinski definition) is 2. The Morgan fingerprint density at radius 3 is 2.94 bits per heavy atom. The maximum absolute atomic E-state index is 11.8. The van der Waals surface area contributed by atoms with Gasteiger partial charge in [-0.1, -0.05) is 18.5 Å². The van der Waals surface area contributed by atoms with Crippen LogP contribution in [0.1, 0.15) is 36.3 Å². The molecule has 1 aromatic rings. The Morgan fingerprint density at radius 1 is 1.53 bits per heavy atom. The molecule has 0 aliphatic rings. The molecule has 0 unspecified atom stereocenters. The lowest BCUT2D eigenvalue weighted by Crippen LogP contribution is -2.24. The van der Waals surface area contributed by atoms with E-state index in [1.165, 1.54) is 0 Å². The largest absolute Gasteiger partial charge is 0.351 e. The van der Waals surface area contributed by atoms with E-state index < -0.39 is 0 Å². The average Bonchev–Trinajstić information content (AvgIpc) is 2.33. The summed E-state index contributed by atoms with van der Waals surface area (Å²) in [7, 11) is 0. The van der Waals surface area contributed by atoms with Crippen LogP contribution in [-0.4, -0.2) is 17.4 Å². The van der Waals surface area contributed by atoms with Gasteiger partial charge in [0.25, 0.3) is 5.91 Å². The van der Waals surface area contributed by atoms with Gasteiger partial charge in [-0.15, -0.1) is 11.8 Å². The van der Waals surface area contributed by atoms with E-state index in [2.05, 4.69) is 22.1 Å². The molecule has 90 valence electrons. The summed E-state index contributed by atoms with van der Waals surface area (Å²) in [6, 6.07) is 3.33. The molecule has 1 aromatic heterocycles. The van der Waals surface area contributed by atoms with E-state index in [9.17, 15) is 4.79 Å². The van der Waals surface area contributed by atoms with Crippen molar-refractivity contribution in [1.82, 2.24) is 10.3 Å². The van der Waals surface area contributed by atoms with Gasteiger partial charge >= 0.3 is 0 Å². The number of rotatable bonds is 4. The van der Waals surface area contributed by atoms with Crippen molar-refractivity contribution in [3.63, 3.8) is 0 Å².